The van der Waals surface area contributed by atoms with Crippen molar-refractivity contribution in [1.29, 1.82) is 0 Å². The molecule has 0 saturated heterocycles. The third-order valence-electron chi connectivity index (χ3n) is 2.62. The molecule has 0 radical (unpaired) electrons. The summed E-state index contributed by atoms with van der Waals surface area (Å²) < 4.78 is 0. The summed E-state index contributed by atoms with van der Waals surface area (Å²) in [5.41, 5.74) is 6.65. The van der Waals surface area contributed by atoms with Crippen molar-refractivity contribution in [3.8, 4) is 0 Å². The molecule has 1 aliphatic carbocycles. The normalized spacial score (nSPS) is 19.4. The fourth-order valence-corrected chi connectivity index (χ4v) is 1.66. The maximum atomic E-state index is 5.48. The molecule has 1 saturated carbocycles. The highest BCUT2D eigenvalue weighted by Crippen LogP contribution is 2.37. The highest BCUT2D eigenvalue weighted by molar-refractivity contribution is 5.18. The Morgan fingerprint density at radius 1 is 1.75 bits per heavy atom. The van der Waals surface area contributed by atoms with Crippen LogP contribution < -0.4 is 5.73 Å². The van der Waals surface area contributed by atoms with Crippen molar-refractivity contribution < 1.29 is 0 Å². The van der Waals surface area contributed by atoms with Gasteiger partial charge >= 0.3 is 0 Å². The van der Waals surface area contributed by atoms with Crippen LogP contribution in [0, 0.1) is 11.8 Å². The van der Waals surface area contributed by atoms with E-state index in [0.29, 0.717) is 5.95 Å². The second-order valence-corrected chi connectivity index (χ2v) is 3.81. The number of hydrogen-bond donors (Lipinski definition) is 2. The van der Waals surface area contributed by atoms with Crippen LogP contribution in [-0.2, 0) is 6.42 Å². The van der Waals surface area contributed by atoms with Crippen LogP contribution in [0.25, 0.3) is 0 Å². The quantitative estimate of drug-likeness (QED) is 0.714. The lowest BCUT2D eigenvalue weighted by molar-refractivity contribution is 0.502. The minimum Gasteiger partial charge on any atom is -0.369 e. The fourth-order valence-electron chi connectivity index (χ4n) is 1.66. The van der Waals surface area contributed by atoms with E-state index in [-0.39, 0.29) is 0 Å². The second kappa shape index (κ2) is 2.81. The van der Waals surface area contributed by atoms with Gasteiger partial charge in [0.25, 0.3) is 0 Å². The average molecular weight is 165 g/mol. The van der Waals surface area contributed by atoms with Crippen molar-refractivity contribution in [2.75, 3.05) is 5.73 Å². The highest BCUT2D eigenvalue weighted by atomic mass is 15.0. The van der Waals surface area contributed by atoms with Gasteiger partial charge in [-0.1, -0.05) is 6.92 Å². The van der Waals surface area contributed by atoms with E-state index in [4.69, 9.17) is 5.73 Å². The Balaban J connectivity index is 1.93. The fraction of sp³-hybridized carbons (Fsp3) is 0.667. The third-order valence-corrected chi connectivity index (χ3v) is 2.62. The lowest BCUT2D eigenvalue weighted by Gasteiger charge is -2.06. The number of nitrogens with zero attached hydrogens (tertiary/aromatic N) is 1. The van der Waals surface area contributed by atoms with Crippen LogP contribution in [0.15, 0.2) is 6.20 Å². The van der Waals surface area contributed by atoms with Crippen molar-refractivity contribution in [2.45, 2.75) is 26.2 Å². The molecule has 1 aromatic rings. The van der Waals surface area contributed by atoms with Crippen molar-refractivity contribution in [1.82, 2.24) is 9.97 Å². The molecule has 12 heavy (non-hydrogen) atoms. The first kappa shape index (κ1) is 7.65. The molecule has 1 fully saturated rings. The Hall–Kier alpha value is -0.990. The Morgan fingerprint density at radius 2 is 2.50 bits per heavy atom. The summed E-state index contributed by atoms with van der Waals surface area (Å²) >= 11 is 0. The molecule has 2 rings (SSSR count). The summed E-state index contributed by atoms with van der Waals surface area (Å²) in [5, 5.41) is 0. The van der Waals surface area contributed by atoms with Crippen LogP contribution in [-0.4, -0.2) is 9.97 Å². The van der Waals surface area contributed by atoms with Gasteiger partial charge in [-0.25, -0.2) is 4.98 Å². The van der Waals surface area contributed by atoms with Gasteiger partial charge in [-0.2, -0.15) is 0 Å². The van der Waals surface area contributed by atoms with Crippen LogP contribution in [0.3, 0.4) is 0 Å². The summed E-state index contributed by atoms with van der Waals surface area (Å²) in [4.78, 5) is 7.03. The Kier molecular flexibility index (Phi) is 1.79. The van der Waals surface area contributed by atoms with Crippen molar-refractivity contribution in [3.63, 3.8) is 0 Å². The number of nitrogens with two attached hydrogens (primary N) is 1. The molecule has 1 aliphatic rings. The zero-order chi connectivity index (χ0) is 8.55. The predicted octanol–water partition coefficient (Wildman–Crippen LogP) is 1.58. The van der Waals surface area contributed by atoms with E-state index >= 15 is 0 Å². The van der Waals surface area contributed by atoms with E-state index in [2.05, 4.69) is 16.9 Å². The second-order valence-electron chi connectivity index (χ2n) is 3.81. The van der Waals surface area contributed by atoms with Gasteiger partial charge < -0.3 is 10.7 Å². The first-order valence-electron chi connectivity index (χ1n) is 4.55. The van der Waals surface area contributed by atoms with Gasteiger partial charge in [-0.3, -0.25) is 0 Å². The van der Waals surface area contributed by atoms with Crippen LogP contribution >= 0.6 is 0 Å². The number of imidazole rings is 1. The average Bonchev–Trinajstić information content (AvgIpc) is 2.78. The van der Waals surface area contributed by atoms with Gasteiger partial charge in [0.05, 0.1) is 6.20 Å². The maximum absolute atomic E-state index is 5.48. The van der Waals surface area contributed by atoms with Gasteiger partial charge in [-0.05, 0) is 31.1 Å². The van der Waals surface area contributed by atoms with Crippen molar-refractivity contribution in [3.05, 3.63) is 11.9 Å². The molecule has 3 nitrogen and oxygen atoms in total. The molecular formula is C9H15N3. The van der Waals surface area contributed by atoms with E-state index in [9.17, 15) is 0 Å². The zero-order valence-corrected chi connectivity index (χ0v) is 7.38. The van der Waals surface area contributed by atoms with Crippen LogP contribution in [0.4, 0.5) is 5.95 Å². The third kappa shape index (κ3) is 1.60. The molecule has 1 unspecified atom stereocenters. The first-order valence-corrected chi connectivity index (χ1v) is 4.55. The number of aromatic nitrogens is 2. The minimum absolute atomic E-state index is 0.535. The molecule has 0 aromatic carbocycles. The van der Waals surface area contributed by atoms with E-state index in [1.54, 1.807) is 0 Å². The Bertz CT molecular complexity index is 262. The number of hydrogen-bond acceptors (Lipinski definition) is 2. The molecule has 1 heterocycles. The number of aromatic amines is 1. The van der Waals surface area contributed by atoms with E-state index in [1.807, 2.05) is 6.20 Å². The number of rotatable bonds is 3. The zero-order valence-electron chi connectivity index (χ0n) is 7.38. The summed E-state index contributed by atoms with van der Waals surface area (Å²) in [5.74, 6) is 2.27. The van der Waals surface area contributed by atoms with Gasteiger partial charge in [0, 0.05) is 5.69 Å². The minimum atomic E-state index is 0.535. The molecular weight excluding hydrogens is 150 g/mol. The highest BCUT2D eigenvalue weighted by Gasteiger charge is 2.27. The number of anilines is 1. The van der Waals surface area contributed by atoms with Crippen LogP contribution in [0.2, 0.25) is 0 Å². The molecule has 3 heteroatoms. The SMILES string of the molecule is CC(Cc1cnc(N)[nH]1)C1CC1. The lowest BCUT2D eigenvalue weighted by Crippen LogP contribution is -2.02. The van der Waals surface area contributed by atoms with Gasteiger partial charge in [0.2, 0.25) is 0 Å². The smallest absolute Gasteiger partial charge is 0.197 e. The molecule has 1 aromatic heterocycles. The van der Waals surface area contributed by atoms with Crippen molar-refractivity contribution in [2.24, 2.45) is 11.8 Å². The molecule has 0 aliphatic heterocycles. The Morgan fingerprint density at radius 3 is 3.00 bits per heavy atom. The summed E-state index contributed by atoms with van der Waals surface area (Å²) in [6, 6.07) is 0. The lowest BCUT2D eigenvalue weighted by atomic mass is 10.0. The van der Waals surface area contributed by atoms with E-state index in [1.165, 1.54) is 18.5 Å². The van der Waals surface area contributed by atoms with Gasteiger partial charge in [-0.15, -0.1) is 0 Å². The van der Waals surface area contributed by atoms with Crippen LogP contribution in [0.5, 0.6) is 0 Å². The topological polar surface area (TPSA) is 54.7 Å². The van der Waals surface area contributed by atoms with Crippen molar-refractivity contribution >= 4 is 5.95 Å². The molecule has 0 bridgehead atoms. The Labute approximate surface area is 72.4 Å². The molecule has 1 atom stereocenters. The molecule has 0 amide bonds. The van der Waals surface area contributed by atoms with Gasteiger partial charge in [0.15, 0.2) is 5.95 Å². The van der Waals surface area contributed by atoms with Gasteiger partial charge in [0.1, 0.15) is 0 Å². The number of H-pyrrole nitrogens is 1. The van der Waals surface area contributed by atoms with E-state index in [0.717, 1.165) is 18.3 Å². The standard InChI is InChI=1S/C9H15N3/c1-6(7-2-3-7)4-8-5-11-9(10)12-8/h5-7H,2-4H2,1H3,(H3,10,11,12). The molecule has 66 valence electrons. The molecule has 0 spiro atoms. The summed E-state index contributed by atoms with van der Waals surface area (Å²) in [6.07, 6.45) is 5.75. The number of nitrogens with one attached hydrogen (secondary N) is 1. The first-order chi connectivity index (χ1) is 5.75. The summed E-state index contributed by atoms with van der Waals surface area (Å²) in [7, 11) is 0. The van der Waals surface area contributed by atoms with Crippen LogP contribution in [0.1, 0.15) is 25.5 Å². The monoisotopic (exact) mass is 165 g/mol. The molecule has 3 N–H and O–H groups in total. The largest absolute Gasteiger partial charge is 0.369 e. The summed E-state index contributed by atoms with van der Waals surface area (Å²) in [6.45, 7) is 2.30. The van der Waals surface area contributed by atoms with E-state index < -0.39 is 0 Å². The predicted molar refractivity (Wildman–Crippen MR) is 48.6 cm³/mol. The number of nitrogen functional groups attached to an aromatic ring is 1. The maximum Gasteiger partial charge on any atom is 0.197 e.